The van der Waals surface area contributed by atoms with Crippen molar-refractivity contribution >= 4 is 5.91 Å². The predicted molar refractivity (Wildman–Crippen MR) is 78.8 cm³/mol. The first-order chi connectivity index (χ1) is 9.56. The Morgan fingerprint density at radius 1 is 1.35 bits per heavy atom. The summed E-state index contributed by atoms with van der Waals surface area (Å²) < 4.78 is 10.4. The third-order valence-electron chi connectivity index (χ3n) is 3.77. The Labute approximate surface area is 122 Å². The van der Waals surface area contributed by atoms with Crippen LogP contribution in [0.25, 0.3) is 0 Å². The van der Waals surface area contributed by atoms with Crippen molar-refractivity contribution in [2.45, 2.75) is 25.0 Å². The molecule has 0 bridgehead atoms. The van der Waals surface area contributed by atoms with Gasteiger partial charge < -0.3 is 19.7 Å². The van der Waals surface area contributed by atoms with Gasteiger partial charge in [0.05, 0.1) is 19.3 Å². The molecular weight excluding hydrogens is 258 g/mol. The van der Waals surface area contributed by atoms with Gasteiger partial charge in [-0.05, 0) is 12.8 Å². The molecule has 1 amide bonds. The molecule has 1 unspecified atom stereocenters. The van der Waals surface area contributed by atoms with Crippen molar-refractivity contribution in [3.63, 3.8) is 0 Å². The maximum absolute atomic E-state index is 11.7. The van der Waals surface area contributed by atoms with Gasteiger partial charge >= 0.3 is 0 Å². The number of likely N-dealkylation sites (N-methyl/N-ethyl adjacent to an activating group) is 1. The third kappa shape index (κ3) is 6.17. The Kier molecular flexibility index (Phi) is 8.06. The summed E-state index contributed by atoms with van der Waals surface area (Å²) in [7, 11) is 7.00. The molecule has 0 aromatic heterocycles. The van der Waals surface area contributed by atoms with E-state index in [-0.39, 0.29) is 12.0 Å². The average Bonchev–Trinajstić information content (AvgIpc) is 2.44. The summed E-state index contributed by atoms with van der Waals surface area (Å²) in [4.78, 5) is 15.5. The van der Waals surface area contributed by atoms with Gasteiger partial charge in [-0.3, -0.25) is 9.69 Å². The highest BCUT2D eigenvalue weighted by Gasteiger charge is 2.21. The predicted octanol–water partition coefficient (Wildman–Crippen LogP) is -0.210. The molecule has 0 radical (unpaired) electrons. The molecule has 1 rings (SSSR count). The van der Waals surface area contributed by atoms with Crippen LogP contribution in [0, 0.1) is 0 Å². The molecule has 1 heterocycles. The van der Waals surface area contributed by atoms with Crippen LogP contribution in [0.1, 0.15) is 12.8 Å². The number of hydrogen-bond donors (Lipinski definition) is 1. The molecule has 1 N–H and O–H groups in total. The van der Waals surface area contributed by atoms with Crippen molar-refractivity contribution in [2.75, 3.05) is 61.1 Å². The lowest BCUT2D eigenvalue weighted by atomic mass is 10.0. The molecule has 1 saturated heterocycles. The van der Waals surface area contributed by atoms with E-state index in [4.69, 9.17) is 9.47 Å². The van der Waals surface area contributed by atoms with Gasteiger partial charge in [-0.15, -0.1) is 0 Å². The van der Waals surface area contributed by atoms with Gasteiger partial charge in [-0.1, -0.05) is 0 Å². The summed E-state index contributed by atoms with van der Waals surface area (Å²) in [5, 5.41) is 3.53. The molecule has 0 aromatic carbocycles. The van der Waals surface area contributed by atoms with Crippen LogP contribution in [0.2, 0.25) is 0 Å². The molecule has 1 aliphatic heterocycles. The molecule has 0 aromatic rings. The van der Waals surface area contributed by atoms with Gasteiger partial charge in [0.25, 0.3) is 0 Å². The zero-order valence-electron chi connectivity index (χ0n) is 13.2. The second-order valence-electron chi connectivity index (χ2n) is 5.56. The van der Waals surface area contributed by atoms with Gasteiger partial charge in [0.1, 0.15) is 0 Å². The van der Waals surface area contributed by atoms with Crippen LogP contribution in [0.5, 0.6) is 0 Å². The van der Waals surface area contributed by atoms with E-state index in [9.17, 15) is 4.79 Å². The summed E-state index contributed by atoms with van der Waals surface area (Å²) in [6.45, 7) is 3.90. The van der Waals surface area contributed by atoms with Gasteiger partial charge in [0.2, 0.25) is 5.91 Å². The minimum absolute atomic E-state index is 0.105. The highest BCUT2D eigenvalue weighted by atomic mass is 16.5. The largest absolute Gasteiger partial charge is 0.382 e. The average molecular weight is 287 g/mol. The fraction of sp³-hybridized carbons (Fsp3) is 0.929. The second kappa shape index (κ2) is 9.28. The van der Waals surface area contributed by atoms with Crippen LogP contribution in [-0.2, 0) is 14.3 Å². The number of amides is 1. The number of piperidine rings is 1. The van der Waals surface area contributed by atoms with Gasteiger partial charge in [-0.25, -0.2) is 0 Å². The molecule has 0 aliphatic carbocycles. The van der Waals surface area contributed by atoms with Gasteiger partial charge in [0.15, 0.2) is 0 Å². The van der Waals surface area contributed by atoms with Crippen molar-refractivity contribution in [3.05, 3.63) is 0 Å². The molecular formula is C14H29N3O3. The highest BCUT2D eigenvalue weighted by Crippen LogP contribution is 2.10. The minimum Gasteiger partial charge on any atom is -0.382 e. The molecule has 20 heavy (non-hydrogen) atoms. The number of nitrogens with zero attached hydrogens (tertiary/aromatic N) is 2. The standard InChI is InChI=1S/C14H29N3O3/c1-16(2)14(18)10-17-7-5-12(6-8-17)15-9-13(20-4)11-19-3/h12-13,15H,5-11H2,1-4H3. The molecule has 0 saturated carbocycles. The first-order valence-electron chi connectivity index (χ1n) is 7.24. The van der Waals surface area contributed by atoms with E-state index in [0.717, 1.165) is 32.5 Å². The normalized spacial score (nSPS) is 19.0. The number of carbonyl (C=O) groups excluding carboxylic acids is 1. The summed E-state index contributed by atoms with van der Waals surface area (Å²) in [6.07, 6.45) is 2.25. The van der Waals surface area contributed by atoms with Crippen LogP contribution < -0.4 is 5.32 Å². The minimum atomic E-state index is 0.105. The Bertz CT molecular complexity index is 279. The zero-order valence-corrected chi connectivity index (χ0v) is 13.2. The highest BCUT2D eigenvalue weighted by molar-refractivity contribution is 5.77. The van der Waals surface area contributed by atoms with Gasteiger partial charge in [-0.2, -0.15) is 0 Å². The maximum Gasteiger partial charge on any atom is 0.236 e. The van der Waals surface area contributed by atoms with Crippen molar-refractivity contribution in [1.82, 2.24) is 15.1 Å². The first kappa shape index (κ1) is 17.4. The molecule has 1 fully saturated rings. The topological polar surface area (TPSA) is 54.0 Å². The van der Waals surface area contributed by atoms with Crippen LogP contribution in [-0.4, -0.2) is 89.0 Å². The lowest BCUT2D eigenvalue weighted by molar-refractivity contribution is -0.130. The molecule has 6 nitrogen and oxygen atoms in total. The molecule has 0 spiro atoms. The van der Waals surface area contributed by atoms with Crippen LogP contribution >= 0.6 is 0 Å². The van der Waals surface area contributed by atoms with E-state index in [0.29, 0.717) is 19.2 Å². The summed E-state index contributed by atoms with van der Waals surface area (Å²) >= 11 is 0. The Morgan fingerprint density at radius 2 is 2.00 bits per heavy atom. The maximum atomic E-state index is 11.7. The lowest BCUT2D eigenvalue weighted by Gasteiger charge is -2.33. The lowest BCUT2D eigenvalue weighted by Crippen LogP contribution is -2.47. The number of ether oxygens (including phenoxy) is 2. The molecule has 118 valence electrons. The van der Waals surface area contributed by atoms with Crippen molar-refractivity contribution in [2.24, 2.45) is 0 Å². The van der Waals surface area contributed by atoms with Crippen molar-refractivity contribution in [1.29, 1.82) is 0 Å². The van der Waals surface area contributed by atoms with E-state index in [1.54, 1.807) is 33.2 Å². The quantitative estimate of drug-likeness (QED) is 0.669. The number of methoxy groups -OCH3 is 2. The van der Waals surface area contributed by atoms with E-state index in [1.165, 1.54) is 0 Å². The summed E-state index contributed by atoms with van der Waals surface area (Å²) in [5.74, 6) is 0.177. The van der Waals surface area contributed by atoms with E-state index in [2.05, 4.69) is 10.2 Å². The van der Waals surface area contributed by atoms with Crippen LogP contribution in [0.3, 0.4) is 0 Å². The number of carbonyl (C=O) groups is 1. The summed E-state index contributed by atoms with van der Waals surface area (Å²) in [6, 6.07) is 0.509. The number of rotatable bonds is 8. The van der Waals surface area contributed by atoms with Crippen molar-refractivity contribution < 1.29 is 14.3 Å². The first-order valence-corrected chi connectivity index (χ1v) is 7.24. The van der Waals surface area contributed by atoms with Crippen LogP contribution in [0.15, 0.2) is 0 Å². The monoisotopic (exact) mass is 287 g/mol. The fourth-order valence-corrected chi connectivity index (χ4v) is 2.32. The SMILES string of the molecule is COCC(CNC1CCN(CC(=O)N(C)C)CC1)OC. The molecule has 1 aliphatic rings. The fourth-order valence-electron chi connectivity index (χ4n) is 2.32. The summed E-state index contributed by atoms with van der Waals surface area (Å²) in [5.41, 5.74) is 0. The molecule has 6 heteroatoms. The smallest absolute Gasteiger partial charge is 0.236 e. The number of likely N-dealkylation sites (tertiary alicyclic amines) is 1. The van der Waals surface area contributed by atoms with Gasteiger partial charge in [0, 0.05) is 54.0 Å². The Hall–Kier alpha value is -0.690. The Balaban J connectivity index is 2.20. The van der Waals surface area contributed by atoms with E-state index in [1.807, 2.05) is 0 Å². The number of nitrogens with one attached hydrogen (secondary N) is 1. The molecule has 1 atom stereocenters. The second-order valence-corrected chi connectivity index (χ2v) is 5.56. The Morgan fingerprint density at radius 3 is 2.50 bits per heavy atom. The van der Waals surface area contributed by atoms with E-state index < -0.39 is 0 Å². The van der Waals surface area contributed by atoms with E-state index >= 15 is 0 Å². The van der Waals surface area contributed by atoms with Crippen LogP contribution in [0.4, 0.5) is 0 Å². The number of hydrogen-bond acceptors (Lipinski definition) is 5. The zero-order chi connectivity index (χ0) is 15.0. The van der Waals surface area contributed by atoms with Crippen molar-refractivity contribution in [3.8, 4) is 0 Å². The third-order valence-corrected chi connectivity index (χ3v) is 3.77.